The Hall–Kier alpha value is -3.04. The van der Waals surface area contributed by atoms with Crippen LogP contribution in [0.3, 0.4) is 0 Å². The number of rotatable bonds is 8. The van der Waals surface area contributed by atoms with Crippen molar-refractivity contribution in [2.45, 2.75) is 70.7 Å². The van der Waals surface area contributed by atoms with Gasteiger partial charge in [-0.3, -0.25) is 0 Å². The molecule has 4 N–H and O–H groups in total. The molecule has 0 aliphatic rings. The lowest BCUT2D eigenvalue weighted by Gasteiger charge is -2.29. The molecule has 0 aliphatic carbocycles. The monoisotopic (exact) mass is 499 g/mol. The van der Waals surface area contributed by atoms with E-state index >= 15 is 0 Å². The Morgan fingerprint density at radius 3 is 2.25 bits per heavy atom. The van der Waals surface area contributed by atoms with Crippen molar-refractivity contribution in [3.63, 3.8) is 0 Å². The SMILES string of the molecule is CC(C)n1c(/C=C/[C@@H](O)C[C@@H](O)C(O)(O)C(=O)OC(C)(C)C)c(-c2ccc(F)cc2)c2ccccc21. The fourth-order valence-electron chi connectivity index (χ4n) is 4.09. The zero-order valence-corrected chi connectivity index (χ0v) is 21.1. The van der Waals surface area contributed by atoms with E-state index in [9.17, 15) is 29.6 Å². The Balaban J connectivity index is 1.96. The number of fused-ring (bicyclic) bond motifs is 1. The predicted octanol–water partition coefficient (Wildman–Crippen LogP) is 4.18. The van der Waals surface area contributed by atoms with E-state index in [1.165, 1.54) is 18.2 Å². The Kier molecular flexibility index (Phi) is 8.05. The maximum atomic E-state index is 13.6. The van der Waals surface area contributed by atoms with Crippen LogP contribution in [-0.2, 0) is 9.53 Å². The minimum atomic E-state index is -3.19. The highest BCUT2D eigenvalue weighted by molar-refractivity contribution is 6.01. The number of nitrogens with zero attached hydrogens (tertiary/aromatic N) is 1. The van der Waals surface area contributed by atoms with Crippen molar-refractivity contribution in [2.24, 2.45) is 0 Å². The summed E-state index contributed by atoms with van der Waals surface area (Å²) in [6.07, 6.45) is -0.759. The zero-order chi connectivity index (χ0) is 26.8. The number of para-hydroxylation sites is 1. The van der Waals surface area contributed by atoms with Gasteiger partial charge in [0.25, 0.3) is 5.79 Å². The van der Waals surface area contributed by atoms with Gasteiger partial charge in [0.15, 0.2) is 0 Å². The van der Waals surface area contributed by atoms with Crippen molar-refractivity contribution in [3.8, 4) is 11.1 Å². The summed E-state index contributed by atoms with van der Waals surface area (Å²) in [7, 11) is 0. The van der Waals surface area contributed by atoms with E-state index in [-0.39, 0.29) is 11.9 Å². The van der Waals surface area contributed by atoms with Crippen LogP contribution in [0, 0.1) is 5.82 Å². The Labute approximate surface area is 210 Å². The van der Waals surface area contributed by atoms with Crippen LogP contribution in [0.5, 0.6) is 0 Å². The maximum Gasteiger partial charge on any atom is 0.369 e. The third kappa shape index (κ3) is 6.02. The molecule has 3 aromatic rings. The van der Waals surface area contributed by atoms with E-state index in [1.807, 2.05) is 38.1 Å². The Bertz CT molecular complexity index is 1240. The van der Waals surface area contributed by atoms with Gasteiger partial charge in [-0.1, -0.05) is 36.4 Å². The highest BCUT2D eigenvalue weighted by Crippen LogP contribution is 2.38. The molecule has 0 spiro atoms. The number of benzene rings is 2. The van der Waals surface area contributed by atoms with Crippen LogP contribution in [0.15, 0.2) is 54.6 Å². The Morgan fingerprint density at radius 1 is 1.06 bits per heavy atom. The molecular weight excluding hydrogens is 465 g/mol. The smallest absolute Gasteiger partial charge is 0.369 e. The molecule has 0 amide bonds. The molecule has 194 valence electrons. The molecule has 36 heavy (non-hydrogen) atoms. The number of carbonyl (C=O) groups is 1. The van der Waals surface area contributed by atoms with E-state index in [0.29, 0.717) is 0 Å². The first-order valence-corrected chi connectivity index (χ1v) is 11.8. The highest BCUT2D eigenvalue weighted by Gasteiger charge is 2.45. The molecule has 2 atom stereocenters. The molecule has 7 nitrogen and oxygen atoms in total. The van der Waals surface area contributed by atoms with Gasteiger partial charge in [0.2, 0.25) is 0 Å². The largest absolute Gasteiger partial charge is 0.456 e. The molecular formula is C28H34FNO6. The molecule has 0 radical (unpaired) electrons. The first kappa shape index (κ1) is 27.5. The molecule has 0 aliphatic heterocycles. The number of carbonyl (C=O) groups excluding carboxylic acids is 1. The summed E-state index contributed by atoms with van der Waals surface area (Å²) in [5.41, 5.74) is 2.34. The summed E-state index contributed by atoms with van der Waals surface area (Å²) in [6.45, 7) is 8.70. The number of aliphatic hydroxyl groups is 4. The standard InChI is InChI=1S/C28H34FNO6/c1-17(2)30-22-9-7-6-8-21(22)25(18-10-12-19(29)13-11-18)23(30)15-14-20(31)16-24(32)28(34,35)26(33)36-27(3,4)5/h6-15,17,20,24,31-32,34-35H,16H2,1-5H3/b15-14+/t20-,24-/m1/s1. The van der Waals surface area contributed by atoms with Gasteiger partial charge in [0, 0.05) is 34.6 Å². The maximum absolute atomic E-state index is 13.6. The minimum Gasteiger partial charge on any atom is -0.456 e. The number of hydrogen-bond acceptors (Lipinski definition) is 6. The third-order valence-corrected chi connectivity index (χ3v) is 5.70. The fourth-order valence-corrected chi connectivity index (χ4v) is 4.09. The van der Waals surface area contributed by atoms with Gasteiger partial charge in [0.1, 0.15) is 17.5 Å². The highest BCUT2D eigenvalue weighted by atomic mass is 19.1. The quantitative estimate of drug-likeness (QED) is 0.273. The number of ether oxygens (including phenoxy) is 1. The third-order valence-electron chi connectivity index (χ3n) is 5.70. The second-order valence-electron chi connectivity index (χ2n) is 10.2. The Morgan fingerprint density at radius 2 is 1.67 bits per heavy atom. The average molecular weight is 500 g/mol. The zero-order valence-electron chi connectivity index (χ0n) is 21.1. The van der Waals surface area contributed by atoms with Crippen molar-refractivity contribution in [1.82, 2.24) is 4.57 Å². The lowest BCUT2D eigenvalue weighted by atomic mass is 10.00. The summed E-state index contributed by atoms with van der Waals surface area (Å²) >= 11 is 0. The van der Waals surface area contributed by atoms with Crippen LogP contribution in [0.4, 0.5) is 4.39 Å². The van der Waals surface area contributed by atoms with Crippen molar-refractivity contribution >= 4 is 22.9 Å². The van der Waals surface area contributed by atoms with Crippen LogP contribution in [0.1, 0.15) is 52.8 Å². The molecule has 3 rings (SSSR count). The van der Waals surface area contributed by atoms with E-state index < -0.39 is 36.0 Å². The van der Waals surface area contributed by atoms with E-state index in [2.05, 4.69) is 4.57 Å². The molecule has 0 bridgehead atoms. The molecule has 2 aromatic carbocycles. The number of aliphatic hydroxyl groups excluding tert-OH is 2. The summed E-state index contributed by atoms with van der Waals surface area (Å²) in [6, 6.07) is 14.0. The number of hydrogen-bond donors (Lipinski definition) is 4. The molecule has 8 heteroatoms. The lowest BCUT2D eigenvalue weighted by molar-refractivity contribution is -0.250. The summed E-state index contributed by atoms with van der Waals surface area (Å²) in [5.74, 6) is -4.94. The van der Waals surface area contributed by atoms with Crippen LogP contribution in [-0.4, -0.2) is 54.6 Å². The molecule has 1 heterocycles. The van der Waals surface area contributed by atoms with Gasteiger partial charge < -0.3 is 29.7 Å². The number of esters is 1. The van der Waals surface area contributed by atoms with Crippen molar-refractivity contribution < 1.29 is 34.3 Å². The number of aromatic nitrogens is 1. The second-order valence-corrected chi connectivity index (χ2v) is 10.2. The molecule has 0 saturated carbocycles. The lowest BCUT2D eigenvalue weighted by Crippen LogP contribution is -2.53. The molecule has 0 unspecified atom stereocenters. The van der Waals surface area contributed by atoms with Gasteiger partial charge >= 0.3 is 5.97 Å². The first-order chi connectivity index (χ1) is 16.7. The minimum absolute atomic E-state index is 0.0428. The van der Waals surface area contributed by atoms with E-state index in [0.717, 1.165) is 27.7 Å². The van der Waals surface area contributed by atoms with Crippen molar-refractivity contribution in [1.29, 1.82) is 0 Å². The summed E-state index contributed by atoms with van der Waals surface area (Å²) in [5, 5.41) is 42.1. The normalized spacial score (nSPS) is 14.5. The van der Waals surface area contributed by atoms with E-state index in [1.54, 1.807) is 39.0 Å². The molecule has 1 aromatic heterocycles. The van der Waals surface area contributed by atoms with Gasteiger partial charge in [0.05, 0.1) is 6.10 Å². The summed E-state index contributed by atoms with van der Waals surface area (Å²) in [4.78, 5) is 12.1. The topological polar surface area (TPSA) is 112 Å². The molecule has 0 fully saturated rings. The van der Waals surface area contributed by atoms with Crippen LogP contribution in [0.2, 0.25) is 0 Å². The van der Waals surface area contributed by atoms with Gasteiger partial charge in [-0.05, 0) is 64.5 Å². The van der Waals surface area contributed by atoms with Gasteiger partial charge in [-0.15, -0.1) is 0 Å². The average Bonchev–Trinajstić information content (AvgIpc) is 3.11. The van der Waals surface area contributed by atoms with Gasteiger partial charge in [-0.25, -0.2) is 9.18 Å². The number of halogens is 1. The van der Waals surface area contributed by atoms with Gasteiger partial charge in [-0.2, -0.15) is 0 Å². The van der Waals surface area contributed by atoms with E-state index in [4.69, 9.17) is 4.74 Å². The van der Waals surface area contributed by atoms with Crippen LogP contribution in [0.25, 0.3) is 28.1 Å². The fraction of sp³-hybridized carbons (Fsp3) is 0.393. The van der Waals surface area contributed by atoms with Crippen LogP contribution >= 0.6 is 0 Å². The second kappa shape index (κ2) is 10.5. The summed E-state index contributed by atoms with van der Waals surface area (Å²) < 4.78 is 20.7. The molecule has 0 saturated heterocycles. The first-order valence-electron chi connectivity index (χ1n) is 11.8. The van der Waals surface area contributed by atoms with Crippen molar-refractivity contribution in [3.05, 3.63) is 66.1 Å². The van der Waals surface area contributed by atoms with Crippen LogP contribution < -0.4 is 0 Å². The van der Waals surface area contributed by atoms with Crippen molar-refractivity contribution in [2.75, 3.05) is 0 Å². The predicted molar refractivity (Wildman–Crippen MR) is 136 cm³/mol.